The molecule has 1 aliphatic heterocycles. The number of benzene rings is 1. The molecule has 0 spiro atoms. The molecule has 0 aliphatic carbocycles. The van der Waals surface area contributed by atoms with Gasteiger partial charge in [0.2, 0.25) is 5.88 Å². The number of hydrogen-bond donors (Lipinski definition) is 4. The average Bonchev–Trinajstić information content (AvgIpc) is 3.29. The lowest BCUT2D eigenvalue weighted by molar-refractivity contribution is -0.121. The molecule has 14 nitrogen and oxygen atoms in total. The summed E-state index contributed by atoms with van der Waals surface area (Å²) in [6, 6.07) is 10.3. The van der Waals surface area contributed by atoms with Crippen molar-refractivity contribution in [1.82, 2.24) is 14.3 Å². The first kappa shape index (κ1) is 23.6. The van der Waals surface area contributed by atoms with Crippen molar-refractivity contribution in [2.24, 2.45) is 0 Å². The molecule has 1 saturated heterocycles. The second-order valence-electron chi connectivity index (χ2n) is 7.33. The quantitative estimate of drug-likeness (QED) is 0.227. The molecule has 184 valence electrons. The van der Waals surface area contributed by atoms with Gasteiger partial charge in [0.1, 0.15) is 24.6 Å². The van der Waals surface area contributed by atoms with Gasteiger partial charge in [0.05, 0.1) is 11.6 Å². The van der Waals surface area contributed by atoms with Gasteiger partial charge in [-0.25, -0.2) is 9.59 Å². The average molecular weight is 488 g/mol. The second-order valence-corrected chi connectivity index (χ2v) is 7.33. The number of rotatable bonds is 8. The monoisotopic (exact) mass is 488 g/mol. The summed E-state index contributed by atoms with van der Waals surface area (Å²) in [6.07, 6.45) is -4.29. The first-order valence-corrected chi connectivity index (χ1v) is 10.1. The summed E-state index contributed by atoms with van der Waals surface area (Å²) in [5.74, 6) is -2.66. The van der Waals surface area contributed by atoms with Crippen LogP contribution in [0, 0.1) is 0 Å². The van der Waals surface area contributed by atoms with Crippen LogP contribution < -0.4 is 21.0 Å². The fourth-order valence-electron chi connectivity index (χ4n) is 3.44. The van der Waals surface area contributed by atoms with Gasteiger partial charge in [0.25, 0.3) is 12.4 Å². The van der Waals surface area contributed by atoms with Gasteiger partial charge < -0.3 is 40.1 Å². The maximum absolute atomic E-state index is 12.4. The molecule has 1 aromatic carbocycles. The topological polar surface area (TPSA) is 198 Å². The van der Waals surface area contributed by atoms with E-state index in [0.717, 1.165) is 10.6 Å². The number of carbonyl (C=O) groups is 2. The Balaban J connectivity index is 1.61. The van der Waals surface area contributed by atoms with Crippen LogP contribution in [0.15, 0.2) is 53.5 Å². The van der Waals surface area contributed by atoms with Crippen molar-refractivity contribution in [3.63, 3.8) is 0 Å². The lowest BCUT2D eigenvalue weighted by atomic mass is 10.1. The number of hydrogen-bond acceptors (Lipinski definition) is 12. The molecule has 35 heavy (non-hydrogen) atoms. The Bertz CT molecular complexity index is 1270. The molecular formula is C21H20N4O10. The minimum atomic E-state index is -1.54. The highest BCUT2D eigenvalue weighted by atomic mass is 16.7. The third-order valence-electron chi connectivity index (χ3n) is 5.11. The van der Waals surface area contributed by atoms with E-state index in [1.54, 1.807) is 30.3 Å². The van der Waals surface area contributed by atoms with E-state index in [9.17, 15) is 29.7 Å². The van der Waals surface area contributed by atoms with E-state index in [2.05, 4.69) is 9.72 Å². The Morgan fingerprint density at radius 3 is 2.66 bits per heavy atom. The van der Waals surface area contributed by atoms with Crippen LogP contribution in [0.1, 0.15) is 16.6 Å². The summed E-state index contributed by atoms with van der Waals surface area (Å²) < 4.78 is 17.0. The summed E-state index contributed by atoms with van der Waals surface area (Å²) >= 11 is 0. The molecule has 4 atom stereocenters. The van der Waals surface area contributed by atoms with E-state index < -0.39 is 60.3 Å². The van der Waals surface area contributed by atoms with Crippen molar-refractivity contribution in [3.8, 4) is 17.5 Å². The summed E-state index contributed by atoms with van der Waals surface area (Å²) in [5, 5.41) is 31.2. The zero-order valence-electron chi connectivity index (χ0n) is 17.8. The molecule has 0 unspecified atom stereocenters. The number of aliphatic hydroxyl groups is 1. The highest BCUT2D eigenvalue weighted by Gasteiger charge is 2.48. The molecule has 5 N–H and O–H groups in total. The first-order chi connectivity index (χ1) is 16.8. The molecule has 0 saturated carbocycles. The normalized spacial score (nSPS) is 21.4. The first-order valence-electron chi connectivity index (χ1n) is 10.1. The van der Waals surface area contributed by atoms with Crippen molar-refractivity contribution in [2.45, 2.75) is 24.5 Å². The number of nitrogens with zero attached hydrogens (tertiary/aromatic N) is 3. The number of anilines is 1. The minimum Gasteiger partial charge on any atom is -0.492 e. The SMILES string of the molecule is Nc1ccn([C@@H]2O[C@H](COC(=O)c3ccccc3)[C@@H](O)[C@H]2On2c(O)cc(OC=O)c2O)c(=O)n1. The van der Waals surface area contributed by atoms with Gasteiger partial charge >= 0.3 is 11.7 Å². The van der Waals surface area contributed by atoms with Crippen molar-refractivity contribution < 1.29 is 44.0 Å². The number of carbonyl (C=O) groups excluding carboxylic acids is 2. The summed E-state index contributed by atoms with van der Waals surface area (Å²) in [7, 11) is 0. The number of esters is 1. The Morgan fingerprint density at radius 2 is 1.97 bits per heavy atom. The molecule has 0 bridgehead atoms. The van der Waals surface area contributed by atoms with Gasteiger partial charge in [0.15, 0.2) is 18.1 Å². The van der Waals surface area contributed by atoms with Gasteiger partial charge in [-0.3, -0.25) is 9.36 Å². The van der Waals surface area contributed by atoms with Crippen LogP contribution in [-0.2, 0) is 14.3 Å². The fraction of sp³-hybridized carbons (Fsp3) is 0.238. The molecule has 1 aliphatic rings. The Morgan fingerprint density at radius 1 is 1.23 bits per heavy atom. The lowest BCUT2D eigenvalue weighted by Crippen LogP contribution is -2.43. The number of nitrogen functional groups attached to an aromatic ring is 1. The fourth-order valence-corrected chi connectivity index (χ4v) is 3.44. The zero-order chi connectivity index (χ0) is 25.1. The molecule has 3 heterocycles. The van der Waals surface area contributed by atoms with Crippen LogP contribution in [-0.4, -0.2) is 67.0 Å². The Hall–Kier alpha value is -4.56. The molecule has 1 fully saturated rings. The summed E-state index contributed by atoms with van der Waals surface area (Å²) in [6.45, 7) is -0.405. The van der Waals surface area contributed by atoms with Crippen LogP contribution in [0.2, 0.25) is 0 Å². The van der Waals surface area contributed by atoms with Gasteiger partial charge in [-0.05, 0) is 18.2 Å². The molecule has 0 radical (unpaired) electrons. The third kappa shape index (κ3) is 4.73. The van der Waals surface area contributed by atoms with E-state index in [1.165, 1.54) is 12.3 Å². The van der Waals surface area contributed by atoms with Crippen LogP contribution in [0.5, 0.6) is 17.5 Å². The number of aliphatic hydroxyl groups excluding tert-OH is 1. The van der Waals surface area contributed by atoms with E-state index in [0.29, 0.717) is 4.73 Å². The predicted molar refractivity (Wildman–Crippen MR) is 114 cm³/mol. The molecular weight excluding hydrogens is 468 g/mol. The standard InChI is InChI=1S/C21H20N4O10/c22-14-6-7-24(21(31)23-14)19-17(35-25-15(27)8-12(18(25)29)33-10-26)16(28)13(34-19)9-32-20(30)11-4-2-1-3-5-11/h1-8,10,13,16-17,19,27-29H,9H2,(H2,22,23,31)/t13-,16-,17-,19-/m1/s1. The third-order valence-corrected chi connectivity index (χ3v) is 5.11. The highest BCUT2D eigenvalue weighted by Crippen LogP contribution is 2.36. The number of nitrogens with two attached hydrogens (primary N) is 1. The lowest BCUT2D eigenvalue weighted by Gasteiger charge is -2.23. The van der Waals surface area contributed by atoms with Gasteiger partial charge in [-0.1, -0.05) is 18.2 Å². The maximum atomic E-state index is 12.4. The molecule has 4 rings (SSSR count). The molecule has 2 aromatic heterocycles. The van der Waals surface area contributed by atoms with Crippen LogP contribution in [0.4, 0.5) is 5.82 Å². The van der Waals surface area contributed by atoms with E-state index in [1.807, 2.05) is 0 Å². The van der Waals surface area contributed by atoms with Crippen LogP contribution >= 0.6 is 0 Å². The van der Waals surface area contributed by atoms with Gasteiger partial charge in [-0.2, -0.15) is 4.98 Å². The summed E-state index contributed by atoms with van der Waals surface area (Å²) in [4.78, 5) is 44.5. The van der Waals surface area contributed by atoms with Crippen molar-refractivity contribution in [2.75, 3.05) is 12.3 Å². The second kappa shape index (κ2) is 9.74. The smallest absolute Gasteiger partial charge is 0.351 e. The van der Waals surface area contributed by atoms with Crippen LogP contribution in [0.3, 0.4) is 0 Å². The molecule has 14 heteroatoms. The van der Waals surface area contributed by atoms with E-state index in [-0.39, 0.29) is 17.9 Å². The Labute approximate surface area is 196 Å². The molecule has 0 amide bonds. The number of ether oxygens (including phenoxy) is 3. The van der Waals surface area contributed by atoms with Crippen LogP contribution in [0.25, 0.3) is 0 Å². The summed E-state index contributed by atoms with van der Waals surface area (Å²) in [5.41, 5.74) is 4.96. The zero-order valence-corrected chi connectivity index (χ0v) is 17.8. The van der Waals surface area contributed by atoms with Crippen molar-refractivity contribution >= 4 is 18.3 Å². The van der Waals surface area contributed by atoms with Gasteiger partial charge in [0, 0.05) is 6.20 Å². The minimum absolute atomic E-state index is 0.0197. The highest BCUT2D eigenvalue weighted by molar-refractivity contribution is 5.89. The predicted octanol–water partition coefficient (Wildman–Crippen LogP) is -0.814. The van der Waals surface area contributed by atoms with Gasteiger partial charge in [-0.15, -0.1) is 4.73 Å². The molecule has 3 aromatic rings. The van der Waals surface area contributed by atoms with E-state index >= 15 is 0 Å². The maximum Gasteiger partial charge on any atom is 0.351 e. The van der Waals surface area contributed by atoms with E-state index in [4.69, 9.17) is 20.0 Å². The number of aromatic nitrogens is 3. The Kier molecular flexibility index (Phi) is 6.57. The van der Waals surface area contributed by atoms with Crippen molar-refractivity contribution in [3.05, 3.63) is 64.7 Å². The largest absolute Gasteiger partial charge is 0.492 e. The van der Waals surface area contributed by atoms with Crippen molar-refractivity contribution in [1.29, 1.82) is 0 Å². The number of aromatic hydroxyl groups is 2.